The van der Waals surface area contributed by atoms with Gasteiger partial charge in [0.1, 0.15) is 0 Å². The van der Waals surface area contributed by atoms with E-state index in [9.17, 15) is 13.2 Å². The number of carbonyl (C=O) groups is 1. The molecule has 8 heteroatoms. The van der Waals surface area contributed by atoms with Gasteiger partial charge in [0.15, 0.2) is 9.84 Å². The summed E-state index contributed by atoms with van der Waals surface area (Å²) in [6.45, 7) is 0.803. The molecule has 128 valence electrons. The summed E-state index contributed by atoms with van der Waals surface area (Å²) in [6.07, 6.45) is 4.21. The molecule has 0 unspecified atom stereocenters. The minimum absolute atomic E-state index is 0.0223. The first-order valence-corrected chi connectivity index (χ1v) is 9.65. The van der Waals surface area contributed by atoms with E-state index in [4.69, 9.17) is 0 Å². The lowest BCUT2D eigenvalue weighted by molar-refractivity contribution is 0.239. The van der Waals surface area contributed by atoms with Gasteiger partial charge in [0.05, 0.1) is 17.2 Å². The fraction of sp³-hybridized carbons (Fsp3) is 0.375. The van der Waals surface area contributed by atoms with Crippen molar-refractivity contribution >= 4 is 15.9 Å². The van der Waals surface area contributed by atoms with Gasteiger partial charge in [-0.2, -0.15) is 5.10 Å². The summed E-state index contributed by atoms with van der Waals surface area (Å²) < 4.78 is 24.5. The average Bonchev–Trinajstić information content (AvgIpc) is 3.21. The van der Waals surface area contributed by atoms with Crippen molar-refractivity contribution in [1.82, 2.24) is 20.4 Å². The van der Waals surface area contributed by atoms with Crippen LogP contribution in [-0.4, -0.2) is 42.3 Å². The first-order valence-electron chi connectivity index (χ1n) is 7.83. The second-order valence-corrected chi connectivity index (χ2v) is 8.18. The van der Waals surface area contributed by atoms with E-state index in [1.807, 2.05) is 36.5 Å². The number of nitrogens with zero attached hydrogens (tertiary/aromatic N) is 2. The normalized spacial score (nSPS) is 19.1. The van der Waals surface area contributed by atoms with Crippen LogP contribution in [0.2, 0.25) is 0 Å². The Morgan fingerprint density at radius 3 is 2.67 bits per heavy atom. The van der Waals surface area contributed by atoms with Gasteiger partial charge in [-0.1, -0.05) is 12.1 Å². The zero-order chi connectivity index (χ0) is 17.0. The zero-order valence-corrected chi connectivity index (χ0v) is 14.0. The van der Waals surface area contributed by atoms with Gasteiger partial charge in [0, 0.05) is 25.5 Å². The molecule has 0 bridgehead atoms. The third kappa shape index (κ3) is 4.35. The van der Waals surface area contributed by atoms with E-state index >= 15 is 0 Å². The van der Waals surface area contributed by atoms with Crippen LogP contribution < -0.4 is 10.6 Å². The van der Waals surface area contributed by atoms with Crippen molar-refractivity contribution in [3.63, 3.8) is 0 Å². The monoisotopic (exact) mass is 348 g/mol. The number of benzene rings is 1. The summed E-state index contributed by atoms with van der Waals surface area (Å²) in [5.41, 5.74) is 1.93. The molecule has 0 spiro atoms. The minimum Gasteiger partial charge on any atom is -0.338 e. The number of amides is 2. The summed E-state index contributed by atoms with van der Waals surface area (Å²) in [7, 11) is -2.90. The van der Waals surface area contributed by atoms with Crippen molar-refractivity contribution in [3.05, 3.63) is 48.3 Å². The number of hydrogen-bond donors (Lipinski definition) is 2. The molecule has 2 N–H and O–H groups in total. The van der Waals surface area contributed by atoms with Crippen molar-refractivity contribution < 1.29 is 13.2 Å². The molecule has 3 rings (SSSR count). The second kappa shape index (κ2) is 7.04. The van der Waals surface area contributed by atoms with Gasteiger partial charge in [-0.25, -0.2) is 17.9 Å². The quantitative estimate of drug-likeness (QED) is 0.846. The van der Waals surface area contributed by atoms with E-state index in [0.717, 1.165) is 11.3 Å². The number of hydrogen-bond acceptors (Lipinski definition) is 4. The summed E-state index contributed by atoms with van der Waals surface area (Å²) in [6, 6.07) is 9.31. The predicted octanol–water partition coefficient (Wildman–Crippen LogP) is 1.11. The van der Waals surface area contributed by atoms with Gasteiger partial charge in [-0.05, 0) is 36.1 Å². The Morgan fingerprint density at radius 2 is 2.04 bits per heavy atom. The number of aromatic nitrogens is 2. The Kier molecular flexibility index (Phi) is 4.84. The lowest BCUT2D eigenvalue weighted by Gasteiger charge is -2.11. The average molecular weight is 348 g/mol. The van der Waals surface area contributed by atoms with Gasteiger partial charge in [0.2, 0.25) is 0 Å². The maximum absolute atomic E-state index is 11.8. The van der Waals surface area contributed by atoms with Crippen LogP contribution in [-0.2, 0) is 16.4 Å². The summed E-state index contributed by atoms with van der Waals surface area (Å²) in [5.74, 6) is 0.417. The van der Waals surface area contributed by atoms with Crippen LogP contribution in [0.5, 0.6) is 0 Å². The third-order valence-corrected chi connectivity index (χ3v) is 5.87. The number of nitrogens with one attached hydrogen (secondary N) is 2. The molecule has 1 aromatic heterocycles. The van der Waals surface area contributed by atoms with Gasteiger partial charge >= 0.3 is 6.03 Å². The molecule has 0 aliphatic carbocycles. The van der Waals surface area contributed by atoms with Crippen molar-refractivity contribution in [2.75, 3.05) is 18.1 Å². The first-order chi connectivity index (χ1) is 11.5. The minimum atomic E-state index is -2.90. The molecule has 1 atom stereocenters. The molecule has 1 aromatic carbocycles. The summed E-state index contributed by atoms with van der Waals surface area (Å²) in [4.78, 5) is 11.8. The molecule has 1 aliphatic rings. The molecular formula is C16H20N4O3S. The maximum atomic E-state index is 11.8. The lowest BCUT2D eigenvalue weighted by atomic mass is 10.1. The molecular weight excluding hydrogens is 328 g/mol. The molecule has 1 saturated heterocycles. The molecule has 0 radical (unpaired) electrons. The van der Waals surface area contributed by atoms with Crippen molar-refractivity contribution in [2.24, 2.45) is 5.92 Å². The first kappa shape index (κ1) is 16.5. The molecule has 0 saturated carbocycles. The van der Waals surface area contributed by atoms with Gasteiger partial charge < -0.3 is 10.6 Å². The zero-order valence-electron chi connectivity index (χ0n) is 13.2. The molecule has 1 aliphatic heterocycles. The van der Waals surface area contributed by atoms with Crippen LogP contribution >= 0.6 is 0 Å². The van der Waals surface area contributed by atoms with Gasteiger partial charge in [-0.15, -0.1) is 0 Å². The Balaban J connectivity index is 1.43. The van der Waals surface area contributed by atoms with Crippen LogP contribution in [0, 0.1) is 5.92 Å². The fourth-order valence-corrected chi connectivity index (χ4v) is 4.56. The number of carbonyl (C=O) groups excluding carboxylic acids is 1. The van der Waals surface area contributed by atoms with E-state index in [2.05, 4.69) is 15.7 Å². The highest BCUT2D eigenvalue weighted by atomic mass is 32.2. The molecule has 7 nitrogen and oxygen atoms in total. The van der Waals surface area contributed by atoms with Crippen molar-refractivity contribution in [2.45, 2.75) is 13.0 Å². The third-order valence-electron chi connectivity index (χ3n) is 4.04. The van der Waals surface area contributed by atoms with Gasteiger partial charge in [0.25, 0.3) is 0 Å². The molecule has 2 amide bonds. The molecule has 1 fully saturated rings. The Hall–Kier alpha value is -2.35. The van der Waals surface area contributed by atoms with E-state index in [1.54, 1.807) is 10.9 Å². The Labute approximate surface area is 141 Å². The number of urea groups is 1. The van der Waals surface area contributed by atoms with Crippen molar-refractivity contribution in [3.8, 4) is 5.69 Å². The van der Waals surface area contributed by atoms with Crippen LogP contribution in [0.3, 0.4) is 0 Å². The predicted molar refractivity (Wildman–Crippen MR) is 90.6 cm³/mol. The standard InChI is InChI=1S/C16H20N4O3S/c21-16(18-11-14-6-9-24(22,23)12-14)17-10-13-2-4-15(5-3-13)20-8-1-7-19-20/h1-5,7-8,14H,6,9-12H2,(H2,17,18,21)/t14-/m0/s1. The van der Waals surface area contributed by atoms with E-state index < -0.39 is 9.84 Å². The SMILES string of the molecule is O=C(NCc1ccc(-n2cccn2)cc1)NC[C@@H]1CCS(=O)(=O)C1. The van der Waals surface area contributed by atoms with Crippen molar-refractivity contribution in [1.29, 1.82) is 0 Å². The Morgan fingerprint density at radius 1 is 1.25 bits per heavy atom. The lowest BCUT2D eigenvalue weighted by Crippen LogP contribution is -2.38. The summed E-state index contributed by atoms with van der Waals surface area (Å²) >= 11 is 0. The topological polar surface area (TPSA) is 93.1 Å². The highest BCUT2D eigenvalue weighted by Gasteiger charge is 2.27. The number of rotatable bonds is 5. The molecule has 24 heavy (non-hydrogen) atoms. The largest absolute Gasteiger partial charge is 0.338 e. The number of sulfone groups is 1. The van der Waals surface area contributed by atoms with Crippen LogP contribution in [0.25, 0.3) is 5.69 Å². The smallest absolute Gasteiger partial charge is 0.315 e. The summed E-state index contributed by atoms with van der Waals surface area (Å²) in [5, 5.41) is 9.67. The Bertz CT molecular complexity index is 785. The highest BCUT2D eigenvalue weighted by molar-refractivity contribution is 7.91. The maximum Gasteiger partial charge on any atom is 0.315 e. The fourth-order valence-electron chi connectivity index (χ4n) is 2.70. The van der Waals surface area contributed by atoms with Crippen LogP contribution in [0.1, 0.15) is 12.0 Å². The molecule has 2 heterocycles. The van der Waals surface area contributed by atoms with Gasteiger partial charge in [-0.3, -0.25) is 0 Å². The van der Waals surface area contributed by atoms with Crippen LogP contribution in [0.15, 0.2) is 42.7 Å². The highest BCUT2D eigenvalue weighted by Crippen LogP contribution is 2.17. The second-order valence-electron chi connectivity index (χ2n) is 5.95. The van der Waals surface area contributed by atoms with E-state index in [-0.39, 0.29) is 23.5 Å². The van der Waals surface area contributed by atoms with Crippen LogP contribution in [0.4, 0.5) is 4.79 Å². The van der Waals surface area contributed by atoms with E-state index in [0.29, 0.717) is 19.5 Å². The molecule has 2 aromatic rings. The van der Waals surface area contributed by atoms with E-state index in [1.165, 1.54) is 0 Å².